The minimum Gasteiger partial charge on any atom is -0.313 e. The van der Waals surface area contributed by atoms with E-state index in [1.165, 1.54) is 25.8 Å². The highest BCUT2D eigenvalue weighted by Crippen LogP contribution is 2.52. The first-order chi connectivity index (χ1) is 4.72. The topological polar surface area (TPSA) is 12.0 Å². The van der Waals surface area contributed by atoms with E-state index in [0.29, 0.717) is 0 Å². The largest absolute Gasteiger partial charge is 0.313 e. The average Bonchev–Trinajstić information content (AvgIpc) is 2.41. The van der Waals surface area contributed by atoms with E-state index >= 15 is 0 Å². The highest BCUT2D eigenvalue weighted by molar-refractivity contribution is 5.03. The SMILES string of the molecule is CC(C)[C@@H]1CC2(CC2)CN1. The summed E-state index contributed by atoms with van der Waals surface area (Å²) >= 11 is 0. The number of nitrogens with one attached hydrogen (secondary N) is 1. The van der Waals surface area contributed by atoms with E-state index in [1.54, 1.807) is 0 Å². The Balaban J connectivity index is 1.93. The van der Waals surface area contributed by atoms with Gasteiger partial charge in [0.25, 0.3) is 0 Å². The van der Waals surface area contributed by atoms with Gasteiger partial charge in [-0.3, -0.25) is 0 Å². The molecule has 1 N–H and O–H groups in total. The van der Waals surface area contributed by atoms with Crippen LogP contribution in [0.5, 0.6) is 0 Å². The van der Waals surface area contributed by atoms with E-state index in [9.17, 15) is 0 Å². The fourth-order valence-corrected chi connectivity index (χ4v) is 1.99. The zero-order valence-corrected chi connectivity index (χ0v) is 6.98. The van der Waals surface area contributed by atoms with Crippen molar-refractivity contribution in [1.29, 1.82) is 0 Å². The van der Waals surface area contributed by atoms with Crippen molar-refractivity contribution in [1.82, 2.24) is 5.32 Å². The van der Waals surface area contributed by atoms with E-state index in [2.05, 4.69) is 19.2 Å². The van der Waals surface area contributed by atoms with Crippen LogP contribution in [0.4, 0.5) is 0 Å². The van der Waals surface area contributed by atoms with Crippen molar-refractivity contribution < 1.29 is 0 Å². The summed E-state index contributed by atoms with van der Waals surface area (Å²) in [6.45, 7) is 5.94. The minimum absolute atomic E-state index is 0.787. The van der Waals surface area contributed by atoms with Gasteiger partial charge in [-0.05, 0) is 30.6 Å². The molecule has 2 fully saturated rings. The molecule has 1 saturated carbocycles. The summed E-state index contributed by atoms with van der Waals surface area (Å²) in [4.78, 5) is 0. The molecule has 58 valence electrons. The Bertz CT molecular complexity index is 136. The predicted molar refractivity (Wildman–Crippen MR) is 42.9 cm³/mol. The summed E-state index contributed by atoms with van der Waals surface area (Å²) in [5, 5.41) is 3.61. The fourth-order valence-electron chi connectivity index (χ4n) is 1.99. The van der Waals surface area contributed by atoms with Crippen LogP contribution in [-0.2, 0) is 0 Å². The molecule has 1 aliphatic heterocycles. The summed E-state index contributed by atoms with van der Waals surface area (Å²) < 4.78 is 0. The molecule has 1 saturated heterocycles. The highest BCUT2D eigenvalue weighted by Gasteiger charge is 2.48. The molecule has 2 aliphatic rings. The van der Waals surface area contributed by atoms with Gasteiger partial charge in [0.15, 0.2) is 0 Å². The summed E-state index contributed by atoms with van der Waals surface area (Å²) in [5.74, 6) is 0.833. The highest BCUT2D eigenvalue weighted by atomic mass is 15.0. The Kier molecular flexibility index (Phi) is 1.31. The monoisotopic (exact) mass is 139 g/mol. The maximum atomic E-state index is 3.61. The number of hydrogen-bond donors (Lipinski definition) is 1. The Morgan fingerprint density at radius 2 is 2.10 bits per heavy atom. The first kappa shape index (κ1) is 6.66. The molecule has 1 atom stereocenters. The van der Waals surface area contributed by atoms with E-state index in [0.717, 1.165) is 17.4 Å². The lowest BCUT2D eigenvalue weighted by atomic mass is 9.96. The van der Waals surface area contributed by atoms with E-state index in [1.807, 2.05) is 0 Å². The van der Waals surface area contributed by atoms with Crippen molar-refractivity contribution in [3.8, 4) is 0 Å². The van der Waals surface area contributed by atoms with Crippen molar-refractivity contribution >= 4 is 0 Å². The molecule has 0 aromatic heterocycles. The van der Waals surface area contributed by atoms with Gasteiger partial charge in [-0.15, -0.1) is 0 Å². The van der Waals surface area contributed by atoms with Crippen LogP contribution in [0.2, 0.25) is 0 Å². The smallest absolute Gasteiger partial charge is 0.00960 e. The maximum absolute atomic E-state index is 3.61. The number of rotatable bonds is 1. The molecular formula is C9H17N. The van der Waals surface area contributed by atoms with Crippen LogP contribution in [0.1, 0.15) is 33.1 Å². The molecule has 1 spiro atoms. The van der Waals surface area contributed by atoms with Crippen LogP contribution in [0.15, 0.2) is 0 Å². The van der Waals surface area contributed by atoms with E-state index in [-0.39, 0.29) is 0 Å². The van der Waals surface area contributed by atoms with Crippen LogP contribution in [0.25, 0.3) is 0 Å². The Morgan fingerprint density at radius 3 is 2.40 bits per heavy atom. The van der Waals surface area contributed by atoms with Gasteiger partial charge in [0.2, 0.25) is 0 Å². The van der Waals surface area contributed by atoms with Gasteiger partial charge < -0.3 is 5.32 Å². The second kappa shape index (κ2) is 1.97. The molecule has 0 aromatic carbocycles. The molecule has 1 nitrogen and oxygen atoms in total. The van der Waals surface area contributed by atoms with E-state index < -0.39 is 0 Å². The van der Waals surface area contributed by atoms with Gasteiger partial charge in [-0.1, -0.05) is 13.8 Å². The lowest BCUT2D eigenvalue weighted by Gasteiger charge is -2.13. The Labute approximate surface area is 63.2 Å². The molecule has 10 heavy (non-hydrogen) atoms. The zero-order valence-electron chi connectivity index (χ0n) is 6.98. The van der Waals surface area contributed by atoms with Crippen molar-refractivity contribution in [2.75, 3.05) is 6.54 Å². The summed E-state index contributed by atoms with van der Waals surface area (Å²) in [5.41, 5.74) is 0.787. The van der Waals surface area contributed by atoms with Gasteiger partial charge in [0, 0.05) is 12.6 Å². The molecule has 2 rings (SSSR count). The predicted octanol–water partition coefficient (Wildman–Crippen LogP) is 1.78. The second-order valence-electron chi connectivity index (χ2n) is 4.44. The van der Waals surface area contributed by atoms with Gasteiger partial charge in [-0.2, -0.15) is 0 Å². The van der Waals surface area contributed by atoms with Gasteiger partial charge in [-0.25, -0.2) is 0 Å². The Morgan fingerprint density at radius 1 is 1.40 bits per heavy atom. The van der Waals surface area contributed by atoms with E-state index in [4.69, 9.17) is 0 Å². The normalized spacial score (nSPS) is 35.7. The van der Waals surface area contributed by atoms with Crippen molar-refractivity contribution in [3.63, 3.8) is 0 Å². The molecule has 0 aromatic rings. The first-order valence-corrected chi connectivity index (χ1v) is 4.45. The van der Waals surface area contributed by atoms with Crippen LogP contribution in [-0.4, -0.2) is 12.6 Å². The lowest BCUT2D eigenvalue weighted by Crippen LogP contribution is -2.26. The molecule has 0 radical (unpaired) electrons. The molecule has 0 bridgehead atoms. The molecule has 1 heteroatoms. The van der Waals surface area contributed by atoms with Crippen molar-refractivity contribution in [2.45, 2.75) is 39.2 Å². The van der Waals surface area contributed by atoms with Gasteiger partial charge in [0.05, 0.1) is 0 Å². The van der Waals surface area contributed by atoms with Gasteiger partial charge >= 0.3 is 0 Å². The summed E-state index contributed by atoms with van der Waals surface area (Å²) in [7, 11) is 0. The van der Waals surface area contributed by atoms with Crippen LogP contribution >= 0.6 is 0 Å². The summed E-state index contributed by atoms with van der Waals surface area (Å²) in [6.07, 6.45) is 4.43. The molecule has 0 unspecified atom stereocenters. The molecular weight excluding hydrogens is 122 g/mol. The van der Waals surface area contributed by atoms with Gasteiger partial charge in [0.1, 0.15) is 0 Å². The average molecular weight is 139 g/mol. The number of hydrogen-bond acceptors (Lipinski definition) is 1. The van der Waals surface area contributed by atoms with Crippen LogP contribution in [0, 0.1) is 11.3 Å². The molecule has 1 aliphatic carbocycles. The first-order valence-electron chi connectivity index (χ1n) is 4.45. The quantitative estimate of drug-likeness (QED) is 0.584. The van der Waals surface area contributed by atoms with Crippen molar-refractivity contribution in [2.24, 2.45) is 11.3 Å². The van der Waals surface area contributed by atoms with Crippen LogP contribution in [0.3, 0.4) is 0 Å². The maximum Gasteiger partial charge on any atom is 0.00960 e. The summed E-state index contributed by atoms with van der Waals surface area (Å²) in [6, 6.07) is 0.822. The third-order valence-corrected chi connectivity index (χ3v) is 3.15. The second-order valence-corrected chi connectivity index (χ2v) is 4.44. The standard InChI is InChI=1S/C9H17N/c1-7(2)8-5-9(3-4-9)6-10-8/h7-8,10H,3-6H2,1-2H3/t8-/m0/s1. The minimum atomic E-state index is 0.787. The van der Waals surface area contributed by atoms with Crippen molar-refractivity contribution in [3.05, 3.63) is 0 Å². The molecule has 1 heterocycles. The van der Waals surface area contributed by atoms with Crippen LogP contribution < -0.4 is 5.32 Å². The third kappa shape index (κ3) is 0.968. The fraction of sp³-hybridized carbons (Fsp3) is 1.00. The Hall–Kier alpha value is -0.0400. The third-order valence-electron chi connectivity index (χ3n) is 3.15. The lowest BCUT2D eigenvalue weighted by molar-refractivity contribution is 0.435. The molecule has 0 amide bonds. The zero-order chi connectivity index (χ0) is 7.19.